The molecule has 7 heteroatoms. The van der Waals surface area contributed by atoms with E-state index in [1.807, 2.05) is 30.5 Å². The maximum Gasteiger partial charge on any atom is 0.313 e. The molecule has 21 heavy (non-hydrogen) atoms. The smallest absolute Gasteiger partial charge is 0.313 e. The van der Waals surface area contributed by atoms with E-state index in [-0.39, 0.29) is 11.8 Å². The molecule has 1 N–H and O–H groups in total. The number of aliphatic carboxylic acids is 1. The molecule has 5 nitrogen and oxygen atoms in total. The highest BCUT2D eigenvalue weighted by molar-refractivity contribution is 14.1. The van der Waals surface area contributed by atoms with E-state index in [1.165, 1.54) is 17.3 Å². The van der Waals surface area contributed by atoms with E-state index in [1.54, 1.807) is 0 Å². The number of benzene rings is 1. The van der Waals surface area contributed by atoms with Gasteiger partial charge in [-0.2, -0.15) is 0 Å². The second-order valence-corrected chi connectivity index (χ2v) is 6.91. The number of hydrogen-bond acceptors (Lipinski definition) is 4. The molecule has 0 atom stereocenters. The Hall–Kier alpha value is -1.09. The molecule has 1 heterocycles. The Morgan fingerprint density at radius 2 is 2.14 bits per heavy atom. The van der Waals surface area contributed by atoms with Crippen LogP contribution in [0.1, 0.15) is 25.5 Å². The van der Waals surface area contributed by atoms with Crippen LogP contribution in [0.4, 0.5) is 0 Å². The summed E-state index contributed by atoms with van der Waals surface area (Å²) in [6.07, 6.45) is 0. The van der Waals surface area contributed by atoms with E-state index in [4.69, 9.17) is 5.11 Å². The Morgan fingerprint density at radius 3 is 2.76 bits per heavy atom. The number of nitrogens with zero attached hydrogens (tertiary/aromatic N) is 3. The van der Waals surface area contributed by atoms with Gasteiger partial charge in [-0.05, 0) is 48.9 Å². The number of carboxylic acid groups (broad SMARTS) is 1. The first-order chi connectivity index (χ1) is 9.91. The zero-order chi connectivity index (χ0) is 15.6. The zero-order valence-electron chi connectivity index (χ0n) is 12.0. The lowest BCUT2D eigenvalue weighted by atomic mass is 10.1. The molecule has 1 aromatic carbocycles. The minimum absolute atomic E-state index is 0.0181. The number of aromatic nitrogens is 3. The molecule has 0 fully saturated rings. The summed E-state index contributed by atoms with van der Waals surface area (Å²) in [5, 5.41) is 17.9. The van der Waals surface area contributed by atoms with Gasteiger partial charge in [-0.3, -0.25) is 9.36 Å². The van der Waals surface area contributed by atoms with E-state index in [2.05, 4.69) is 45.8 Å². The van der Waals surface area contributed by atoms with Crippen LogP contribution in [-0.2, 0) is 4.79 Å². The minimum atomic E-state index is -0.856. The molecule has 0 aliphatic heterocycles. The average Bonchev–Trinajstić information content (AvgIpc) is 2.83. The summed E-state index contributed by atoms with van der Waals surface area (Å²) in [5.74, 6) is -0.0913. The third-order valence-corrected chi connectivity index (χ3v) is 5.30. The van der Waals surface area contributed by atoms with Crippen LogP contribution in [0.2, 0.25) is 0 Å². The zero-order valence-corrected chi connectivity index (χ0v) is 15.0. The van der Waals surface area contributed by atoms with Gasteiger partial charge in [0.15, 0.2) is 11.0 Å². The molecule has 0 bridgehead atoms. The normalized spacial score (nSPS) is 11.1. The number of carboxylic acids is 1. The summed E-state index contributed by atoms with van der Waals surface area (Å²) >= 11 is 3.50. The van der Waals surface area contributed by atoms with Crippen molar-refractivity contribution in [3.05, 3.63) is 27.3 Å². The first kappa shape index (κ1) is 16.3. The van der Waals surface area contributed by atoms with Gasteiger partial charge >= 0.3 is 5.97 Å². The Bertz CT molecular complexity index is 670. The van der Waals surface area contributed by atoms with E-state index in [9.17, 15) is 4.79 Å². The van der Waals surface area contributed by atoms with Gasteiger partial charge in [0, 0.05) is 15.2 Å². The van der Waals surface area contributed by atoms with E-state index >= 15 is 0 Å². The third-order valence-electron chi connectivity index (χ3n) is 2.94. The predicted molar refractivity (Wildman–Crippen MR) is 91.7 cm³/mol. The van der Waals surface area contributed by atoms with Crippen LogP contribution in [0.5, 0.6) is 0 Å². The molecule has 0 aliphatic carbocycles. The molecule has 1 aromatic heterocycles. The maximum atomic E-state index is 10.7. The first-order valence-electron chi connectivity index (χ1n) is 6.46. The second kappa shape index (κ2) is 6.78. The first-order valence-corrected chi connectivity index (χ1v) is 8.53. The lowest BCUT2D eigenvalue weighted by Crippen LogP contribution is -2.07. The summed E-state index contributed by atoms with van der Waals surface area (Å²) < 4.78 is 3.13. The Kier molecular flexibility index (Phi) is 5.26. The summed E-state index contributed by atoms with van der Waals surface area (Å²) in [6, 6.07) is 6.23. The van der Waals surface area contributed by atoms with Crippen molar-refractivity contribution in [1.29, 1.82) is 0 Å². The fourth-order valence-electron chi connectivity index (χ4n) is 1.97. The molecule has 2 rings (SSSR count). The quantitative estimate of drug-likeness (QED) is 0.595. The number of rotatable bonds is 5. The summed E-state index contributed by atoms with van der Waals surface area (Å²) in [6.45, 7) is 6.14. The standard InChI is InChI=1S/C14H16IN3O2S/c1-8(2)18-13(10-6-4-5-9(3)12(10)15)16-17-14(18)21-7-11(19)20/h4-6,8H,7H2,1-3H3,(H,19,20). The van der Waals surface area contributed by atoms with E-state index in [0.717, 1.165) is 15.0 Å². The number of thioether (sulfide) groups is 1. The largest absolute Gasteiger partial charge is 0.481 e. The summed E-state index contributed by atoms with van der Waals surface area (Å²) in [7, 11) is 0. The van der Waals surface area contributed by atoms with Crippen molar-refractivity contribution in [1.82, 2.24) is 14.8 Å². The number of aryl methyl sites for hydroxylation is 1. The van der Waals surface area contributed by atoms with E-state index in [0.29, 0.717) is 5.16 Å². The summed E-state index contributed by atoms with van der Waals surface area (Å²) in [5.41, 5.74) is 2.21. The highest BCUT2D eigenvalue weighted by Gasteiger charge is 2.19. The average molecular weight is 417 g/mol. The highest BCUT2D eigenvalue weighted by atomic mass is 127. The third kappa shape index (κ3) is 3.57. The number of carbonyl (C=O) groups is 1. The Morgan fingerprint density at radius 1 is 1.43 bits per heavy atom. The molecule has 0 spiro atoms. The molecule has 0 unspecified atom stereocenters. The van der Waals surface area contributed by atoms with Crippen molar-refractivity contribution in [2.45, 2.75) is 32.0 Å². The lowest BCUT2D eigenvalue weighted by molar-refractivity contribution is -0.133. The van der Waals surface area contributed by atoms with Gasteiger partial charge in [0.25, 0.3) is 0 Å². The van der Waals surface area contributed by atoms with Gasteiger partial charge in [-0.1, -0.05) is 30.0 Å². The molecule has 0 radical (unpaired) electrons. The fourth-order valence-corrected chi connectivity index (χ4v) is 3.36. The van der Waals surface area contributed by atoms with Crippen molar-refractivity contribution >= 4 is 40.3 Å². The van der Waals surface area contributed by atoms with Crippen LogP contribution >= 0.6 is 34.4 Å². The van der Waals surface area contributed by atoms with Gasteiger partial charge in [-0.15, -0.1) is 10.2 Å². The Labute approximate surface area is 141 Å². The van der Waals surface area contributed by atoms with Crippen LogP contribution < -0.4 is 0 Å². The van der Waals surface area contributed by atoms with Crippen molar-refractivity contribution in [2.75, 3.05) is 5.75 Å². The molecule has 0 saturated carbocycles. The monoisotopic (exact) mass is 417 g/mol. The molecular weight excluding hydrogens is 401 g/mol. The van der Waals surface area contributed by atoms with Crippen LogP contribution in [0.3, 0.4) is 0 Å². The van der Waals surface area contributed by atoms with Crippen LogP contribution in [0.25, 0.3) is 11.4 Å². The topological polar surface area (TPSA) is 68.0 Å². The van der Waals surface area contributed by atoms with Crippen molar-refractivity contribution in [3.8, 4) is 11.4 Å². The van der Waals surface area contributed by atoms with Crippen molar-refractivity contribution < 1.29 is 9.90 Å². The van der Waals surface area contributed by atoms with Gasteiger partial charge < -0.3 is 5.11 Å². The molecule has 0 amide bonds. The Balaban J connectivity index is 2.49. The highest BCUT2D eigenvalue weighted by Crippen LogP contribution is 2.31. The number of hydrogen-bond donors (Lipinski definition) is 1. The van der Waals surface area contributed by atoms with Crippen LogP contribution in [-0.4, -0.2) is 31.6 Å². The molecule has 112 valence electrons. The lowest BCUT2D eigenvalue weighted by Gasteiger charge is -2.14. The van der Waals surface area contributed by atoms with E-state index < -0.39 is 5.97 Å². The fraction of sp³-hybridized carbons (Fsp3) is 0.357. The predicted octanol–water partition coefficient (Wildman–Crippen LogP) is 3.62. The molecule has 0 aliphatic rings. The van der Waals surface area contributed by atoms with Gasteiger partial charge in [0.2, 0.25) is 0 Å². The van der Waals surface area contributed by atoms with Crippen LogP contribution in [0.15, 0.2) is 23.4 Å². The summed E-state index contributed by atoms with van der Waals surface area (Å²) in [4.78, 5) is 10.7. The van der Waals surface area contributed by atoms with Crippen LogP contribution in [0, 0.1) is 10.5 Å². The minimum Gasteiger partial charge on any atom is -0.481 e. The van der Waals surface area contributed by atoms with Crippen molar-refractivity contribution in [3.63, 3.8) is 0 Å². The van der Waals surface area contributed by atoms with Gasteiger partial charge in [-0.25, -0.2) is 0 Å². The molecule has 0 saturated heterocycles. The SMILES string of the molecule is Cc1cccc(-c2nnc(SCC(=O)O)n2C(C)C)c1I. The maximum absolute atomic E-state index is 10.7. The molecule has 2 aromatic rings. The van der Waals surface area contributed by atoms with Gasteiger partial charge in [0.05, 0.1) is 5.75 Å². The van der Waals surface area contributed by atoms with Gasteiger partial charge in [0.1, 0.15) is 0 Å². The number of halogens is 1. The molecular formula is C14H16IN3O2S. The second-order valence-electron chi connectivity index (χ2n) is 4.89. The van der Waals surface area contributed by atoms with Crippen molar-refractivity contribution in [2.24, 2.45) is 0 Å².